The lowest BCUT2D eigenvalue weighted by atomic mass is 10.1. The van der Waals surface area contributed by atoms with Crippen molar-refractivity contribution in [3.05, 3.63) is 78.1 Å². The number of hydrazone groups is 1. The number of amides is 1. The molecule has 0 aliphatic rings. The van der Waals surface area contributed by atoms with E-state index in [1.807, 2.05) is 66.9 Å². The van der Waals surface area contributed by atoms with E-state index in [2.05, 4.69) is 25.7 Å². The number of carbonyl (C=O) groups excluding carboxylic acids is 1. The summed E-state index contributed by atoms with van der Waals surface area (Å²) < 4.78 is 12.5. The quantitative estimate of drug-likeness (QED) is 0.207. The van der Waals surface area contributed by atoms with Crippen molar-refractivity contribution in [2.75, 3.05) is 20.0 Å². The Morgan fingerprint density at radius 3 is 2.42 bits per heavy atom. The maximum atomic E-state index is 12.6. The van der Waals surface area contributed by atoms with Gasteiger partial charge < -0.3 is 9.47 Å². The first kappa shape index (κ1) is 24.9. The molecule has 2 heterocycles. The maximum Gasteiger partial charge on any atom is 0.250 e. The van der Waals surface area contributed by atoms with Gasteiger partial charge in [0.05, 0.1) is 25.7 Å². The van der Waals surface area contributed by atoms with E-state index >= 15 is 0 Å². The average molecular weight is 503 g/mol. The highest BCUT2D eigenvalue weighted by molar-refractivity contribution is 7.99. The number of ether oxygens (including phenoxy) is 2. The van der Waals surface area contributed by atoms with Gasteiger partial charge in [0.25, 0.3) is 5.91 Å². The summed E-state index contributed by atoms with van der Waals surface area (Å²) in [6.45, 7) is 3.84. The Labute approximate surface area is 213 Å². The van der Waals surface area contributed by atoms with Crippen LogP contribution in [-0.2, 0) is 4.79 Å². The Bertz CT molecular complexity index is 1370. The number of pyridine rings is 1. The van der Waals surface area contributed by atoms with Crippen molar-refractivity contribution in [3.8, 4) is 28.6 Å². The van der Waals surface area contributed by atoms with Crippen LogP contribution in [0.3, 0.4) is 0 Å². The standard InChI is InChI=1S/C26H26N6O3S/c1-17-5-8-21(9-6-17)32-25(19-11-13-27-14-12-19)30-31-26(32)36-16-24(33)29-28-18(2)20-7-10-22(34-3)23(15-20)35-4/h5-15H,16H2,1-4H3,(H,29,33)/b28-18+. The highest BCUT2D eigenvalue weighted by Crippen LogP contribution is 2.29. The summed E-state index contributed by atoms with van der Waals surface area (Å²) in [4.78, 5) is 16.7. The normalized spacial score (nSPS) is 11.3. The highest BCUT2D eigenvalue weighted by Gasteiger charge is 2.17. The molecule has 0 fully saturated rings. The Hall–Kier alpha value is -4.18. The molecule has 0 aliphatic carbocycles. The number of nitrogens with zero attached hydrogens (tertiary/aromatic N) is 5. The summed E-state index contributed by atoms with van der Waals surface area (Å²) in [5, 5.41) is 13.6. The number of aromatic nitrogens is 4. The summed E-state index contributed by atoms with van der Waals surface area (Å²) >= 11 is 1.28. The minimum Gasteiger partial charge on any atom is -0.493 e. The van der Waals surface area contributed by atoms with Crippen LogP contribution in [0.4, 0.5) is 0 Å². The Morgan fingerprint density at radius 2 is 1.72 bits per heavy atom. The molecule has 0 unspecified atom stereocenters. The number of thioether (sulfide) groups is 1. The largest absolute Gasteiger partial charge is 0.493 e. The topological polar surface area (TPSA) is 104 Å². The lowest BCUT2D eigenvalue weighted by Crippen LogP contribution is -2.21. The van der Waals surface area contributed by atoms with Gasteiger partial charge in [-0.3, -0.25) is 14.3 Å². The van der Waals surface area contributed by atoms with E-state index in [4.69, 9.17) is 9.47 Å². The van der Waals surface area contributed by atoms with Crippen LogP contribution >= 0.6 is 11.8 Å². The van der Waals surface area contributed by atoms with E-state index in [9.17, 15) is 4.79 Å². The molecule has 1 amide bonds. The Kier molecular flexibility index (Phi) is 7.96. The van der Waals surface area contributed by atoms with E-state index in [0.29, 0.717) is 28.2 Å². The number of aryl methyl sites for hydroxylation is 1. The molecule has 1 N–H and O–H groups in total. The molecule has 0 aliphatic heterocycles. The second kappa shape index (κ2) is 11.5. The number of carbonyl (C=O) groups is 1. The third-order valence-corrected chi connectivity index (χ3v) is 6.27. The second-order valence-electron chi connectivity index (χ2n) is 7.80. The molecule has 36 heavy (non-hydrogen) atoms. The number of hydrogen-bond acceptors (Lipinski definition) is 8. The van der Waals surface area contributed by atoms with Gasteiger partial charge in [-0.15, -0.1) is 10.2 Å². The van der Waals surface area contributed by atoms with Crippen molar-refractivity contribution >= 4 is 23.4 Å². The molecule has 2 aromatic heterocycles. The van der Waals surface area contributed by atoms with Crippen LogP contribution in [0.25, 0.3) is 17.1 Å². The van der Waals surface area contributed by atoms with Crippen molar-refractivity contribution < 1.29 is 14.3 Å². The molecule has 0 spiro atoms. The van der Waals surface area contributed by atoms with Gasteiger partial charge >= 0.3 is 0 Å². The first-order valence-electron chi connectivity index (χ1n) is 11.1. The molecule has 2 aromatic carbocycles. The van der Waals surface area contributed by atoms with E-state index in [-0.39, 0.29) is 11.7 Å². The van der Waals surface area contributed by atoms with E-state index in [0.717, 1.165) is 22.4 Å². The van der Waals surface area contributed by atoms with E-state index in [1.165, 1.54) is 11.8 Å². The first-order chi connectivity index (χ1) is 17.5. The monoisotopic (exact) mass is 502 g/mol. The lowest BCUT2D eigenvalue weighted by molar-refractivity contribution is -0.118. The lowest BCUT2D eigenvalue weighted by Gasteiger charge is -2.11. The highest BCUT2D eigenvalue weighted by atomic mass is 32.2. The minimum atomic E-state index is -0.260. The van der Waals surface area contributed by atoms with Crippen LogP contribution in [0.15, 0.2) is 77.2 Å². The molecule has 0 saturated heterocycles. The molecular weight excluding hydrogens is 476 g/mol. The average Bonchev–Trinajstić information content (AvgIpc) is 3.35. The fourth-order valence-electron chi connectivity index (χ4n) is 3.41. The number of nitrogens with one attached hydrogen (secondary N) is 1. The molecule has 9 nitrogen and oxygen atoms in total. The van der Waals surface area contributed by atoms with E-state index < -0.39 is 0 Å². The van der Waals surface area contributed by atoms with Crippen LogP contribution in [-0.4, -0.2) is 51.3 Å². The number of rotatable bonds is 9. The van der Waals surface area contributed by atoms with Crippen LogP contribution < -0.4 is 14.9 Å². The maximum absolute atomic E-state index is 12.6. The molecule has 0 atom stereocenters. The zero-order chi connectivity index (χ0) is 25.5. The smallest absolute Gasteiger partial charge is 0.250 e. The van der Waals surface area contributed by atoms with Crippen molar-refractivity contribution in [2.24, 2.45) is 5.10 Å². The van der Waals surface area contributed by atoms with Crippen LogP contribution in [0.1, 0.15) is 18.1 Å². The van der Waals surface area contributed by atoms with E-state index in [1.54, 1.807) is 32.7 Å². The van der Waals surface area contributed by atoms with Gasteiger partial charge in [0.1, 0.15) is 0 Å². The fraction of sp³-hybridized carbons (Fsp3) is 0.192. The number of hydrogen-bond donors (Lipinski definition) is 1. The molecule has 184 valence electrons. The zero-order valence-electron chi connectivity index (χ0n) is 20.4. The summed E-state index contributed by atoms with van der Waals surface area (Å²) in [7, 11) is 3.15. The third kappa shape index (κ3) is 5.72. The van der Waals surface area contributed by atoms with Crippen LogP contribution in [0.2, 0.25) is 0 Å². The molecular formula is C26H26N6O3S. The number of benzene rings is 2. The number of methoxy groups -OCH3 is 2. The summed E-state index contributed by atoms with van der Waals surface area (Å²) in [6.07, 6.45) is 3.42. The Morgan fingerprint density at radius 1 is 1.00 bits per heavy atom. The first-order valence-corrected chi connectivity index (χ1v) is 12.1. The van der Waals surface area contributed by atoms with Gasteiger partial charge in [-0.05, 0) is 56.3 Å². The molecule has 4 rings (SSSR count). The van der Waals surface area contributed by atoms with Gasteiger partial charge in [0, 0.05) is 29.2 Å². The van der Waals surface area contributed by atoms with Crippen LogP contribution in [0.5, 0.6) is 11.5 Å². The van der Waals surface area contributed by atoms with Crippen molar-refractivity contribution in [1.82, 2.24) is 25.2 Å². The zero-order valence-corrected chi connectivity index (χ0v) is 21.2. The molecule has 0 bridgehead atoms. The minimum absolute atomic E-state index is 0.114. The molecule has 0 saturated carbocycles. The van der Waals surface area contributed by atoms with Gasteiger partial charge in [-0.2, -0.15) is 5.10 Å². The summed E-state index contributed by atoms with van der Waals surface area (Å²) in [5.74, 6) is 1.74. The SMILES string of the molecule is COc1ccc(/C(C)=N/NC(=O)CSc2nnc(-c3ccncc3)n2-c2ccc(C)cc2)cc1OC. The predicted molar refractivity (Wildman–Crippen MR) is 140 cm³/mol. The summed E-state index contributed by atoms with van der Waals surface area (Å²) in [5.41, 5.74) is 6.99. The predicted octanol–water partition coefficient (Wildman–Crippen LogP) is 4.29. The molecule has 0 radical (unpaired) electrons. The summed E-state index contributed by atoms with van der Waals surface area (Å²) in [6, 6.07) is 17.3. The molecule has 10 heteroatoms. The fourth-order valence-corrected chi connectivity index (χ4v) is 4.16. The second-order valence-corrected chi connectivity index (χ2v) is 8.75. The van der Waals surface area contributed by atoms with Crippen molar-refractivity contribution in [1.29, 1.82) is 0 Å². The third-order valence-electron chi connectivity index (χ3n) is 5.35. The van der Waals surface area contributed by atoms with Gasteiger partial charge in [0.15, 0.2) is 22.5 Å². The Balaban J connectivity index is 1.49. The van der Waals surface area contributed by atoms with Crippen molar-refractivity contribution in [2.45, 2.75) is 19.0 Å². The molecule has 4 aromatic rings. The van der Waals surface area contributed by atoms with Crippen molar-refractivity contribution in [3.63, 3.8) is 0 Å². The van der Waals surface area contributed by atoms with Gasteiger partial charge in [0.2, 0.25) is 0 Å². The van der Waals surface area contributed by atoms with Crippen LogP contribution in [0, 0.1) is 6.92 Å². The van der Waals surface area contributed by atoms with Gasteiger partial charge in [-0.1, -0.05) is 29.5 Å². The van der Waals surface area contributed by atoms with Gasteiger partial charge in [-0.25, -0.2) is 5.43 Å².